The molecule has 3 rings (SSSR count). The molecule has 0 aliphatic heterocycles. The number of phenolic OH excluding ortho intramolecular Hbond substituents is 1. The maximum atomic E-state index is 11.7. The number of fused-ring (bicyclic) bond motifs is 2. The number of hydrogen-bond acceptors (Lipinski definition) is 2. The first-order valence-electron chi connectivity index (χ1n) is 5.22. The Bertz CT molecular complexity index is 624. The van der Waals surface area contributed by atoms with Crippen molar-refractivity contribution in [2.45, 2.75) is 6.42 Å². The lowest BCUT2D eigenvalue weighted by Crippen LogP contribution is -2.04. The van der Waals surface area contributed by atoms with Gasteiger partial charge in [0.15, 0.2) is 5.78 Å². The minimum Gasteiger partial charge on any atom is -0.507 e. The Hall–Kier alpha value is -2.09. The zero-order valence-electron chi connectivity index (χ0n) is 8.60. The predicted octanol–water partition coefficient (Wildman–Crippen LogP) is 3.15. The van der Waals surface area contributed by atoms with Crippen LogP contribution in [0.2, 0.25) is 0 Å². The number of carbonyl (C=O) groups excluding carboxylic acids is 1. The molecular formula is C14H10O2. The van der Waals surface area contributed by atoms with Crippen molar-refractivity contribution in [3.63, 3.8) is 0 Å². The summed E-state index contributed by atoms with van der Waals surface area (Å²) in [4.78, 5) is 11.7. The van der Waals surface area contributed by atoms with E-state index in [0.717, 1.165) is 10.8 Å². The smallest absolute Gasteiger partial charge is 0.167 e. The molecule has 78 valence electrons. The van der Waals surface area contributed by atoms with Crippen molar-refractivity contribution in [2.75, 3.05) is 0 Å². The zero-order valence-corrected chi connectivity index (χ0v) is 8.60. The summed E-state index contributed by atoms with van der Waals surface area (Å²) in [5.41, 5.74) is 1.27. The average Bonchev–Trinajstić information content (AvgIpc) is 2.31. The van der Waals surface area contributed by atoms with E-state index in [1.165, 1.54) is 0 Å². The summed E-state index contributed by atoms with van der Waals surface area (Å²) in [6.07, 6.45) is 4.03. The van der Waals surface area contributed by atoms with E-state index in [0.29, 0.717) is 17.5 Å². The highest BCUT2D eigenvalue weighted by atomic mass is 16.3. The van der Waals surface area contributed by atoms with Crippen LogP contribution in [0.5, 0.6) is 5.75 Å². The summed E-state index contributed by atoms with van der Waals surface area (Å²) >= 11 is 0. The van der Waals surface area contributed by atoms with Crippen molar-refractivity contribution in [3.8, 4) is 5.75 Å². The Morgan fingerprint density at radius 1 is 1.19 bits per heavy atom. The summed E-state index contributed by atoms with van der Waals surface area (Å²) in [6.45, 7) is 0. The summed E-state index contributed by atoms with van der Waals surface area (Å²) in [5, 5.41) is 11.8. The molecule has 0 saturated heterocycles. The molecule has 1 aliphatic rings. The second-order valence-corrected chi connectivity index (χ2v) is 3.94. The van der Waals surface area contributed by atoms with E-state index >= 15 is 0 Å². The highest BCUT2D eigenvalue weighted by Gasteiger charge is 2.18. The molecule has 0 amide bonds. The second-order valence-electron chi connectivity index (χ2n) is 3.94. The van der Waals surface area contributed by atoms with Crippen molar-refractivity contribution in [3.05, 3.63) is 47.5 Å². The molecule has 1 N–H and O–H groups in total. The van der Waals surface area contributed by atoms with Gasteiger partial charge in [-0.1, -0.05) is 36.4 Å². The number of rotatable bonds is 0. The summed E-state index contributed by atoms with van der Waals surface area (Å²) in [6, 6.07) is 9.40. The van der Waals surface area contributed by atoms with Crippen molar-refractivity contribution < 1.29 is 9.90 Å². The fourth-order valence-electron chi connectivity index (χ4n) is 2.14. The summed E-state index contributed by atoms with van der Waals surface area (Å²) in [7, 11) is 0. The van der Waals surface area contributed by atoms with E-state index in [9.17, 15) is 9.90 Å². The van der Waals surface area contributed by atoms with Crippen LogP contribution in [0.1, 0.15) is 22.3 Å². The van der Waals surface area contributed by atoms with Crippen LogP contribution in [0.15, 0.2) is 36.4 Å². The molecule has 2 nitrogen and oxygen atoms in total. The van der Waals surface area contributed by atoms with Crippen LogP contribution in [0, 0.1) is 0 Å². The van der Waals surface area contributed by atoms with Crippen LogP contribution in [-0.2, 0) is 0 Å². The van der Waals surface area contributed by atoms with Gasteiger partial charge in [0.2, 0.25) is 0 Å². The van der Waals surface area contributed by atoms with Gasteiger partial charge in [0.1, 0.15) is 5.75 Å². The molecule has 2 aromatic carbocycles. The Morgan fingerprint density at radius 2 is 2.00 bits per heavy atom. The highest BCUT2D eigenvalue weighted by Crippen LogP contribution is 2.35. The lowest BCUT2D eigenvalue weighted by Gasteiger charge is -2.13. The zero-order chi connectivity index (χ0) is 11.1. The fourth-order valence-corrected chi connectivity index (χ4v) is 2.14. The maximum Gasteiger partial charge on any atom is 0.167 e. The van der Waals surface area contributed by atoms with E-state index < -0.39 is 0 Å². The molecule has 0 saturated carbocycles. The number of hydrogen-bond donors (Lipinski definition) is 1. The molecule has 0 radical (unpaired) electrons. The van der Waals surface area contributed by atoms with Gasteiger partial charge in [-0.2, -0.15) is 0 Å². The largest absolute Gasteiger partial charge is 0.507 e. The van der Waals surface area contributed by atoms with Gasteiger partial charge in [-0.05, 0) is 11.5 Å². The van der Waals surface area contributed by atoms with Crippen LogP contribution in [0.25, 0.3) is 16.8 Å². The lowest BCUT2D eigenvalue weighted by atomic mass is 9.92. The standard InChI is InChI=1S/C14H10O2/c15-13-7-3-6-11-12(13)8-9-4-1-2-5-10(9)14(11)16/h1-6,8,16H,7H2. The Morgan fingerprint density at radius 3 is 2.88 bits per heavy atom. The Kier molecular flexibility index (Phi) is 1.83. The van der Waals surface area contributed by atoms with Gasteiger partial charge >= 0.3 is 0 Å². The number of allylic oxidation sites excluding steroid dienone is 1. The van der Waals surface area contributed by atoms with Gasteiger partial charge in [-0.25, -0.2) is 0 Å². The normalized spacial score (nSPS) is 14.1. The third kappa shape index (κ3) is 1.16. The Labute approximate surface area is 92.8 Å². The monoisotopic (exact) mass is 210 g/mol. The van der Waals surface area contributed by atoms with Gasteiger partial charge in [-0.3, -0.25) is 4.79 Å². The van der Waals surface area contributed by atoms with Gasteiger partial charge in [0, 0.05) is 22.9 Å². The van der Waals surface area contributed by atoms with E-state index in [1.54, 1.807) is 6.08 Å². The van der Waals surface area contributed by atoms with Crippen LogP contribution >= 0.6 is 0 Å². The summed E-state index contributed by atoms with van der Waals surface area (Å²) < 4.78 is 0. The number of carbonyl (C=O) groups is 1. The molecule has 0 bridgehead atoms. The van der Waals surface area contributed by atoms with E-state index in [2.05, 4.69) is 0 Å². The molecule has 0 unspecified atom stereocenters. The van der Waals surface area contributed by atoms with Crippen molar-refractivity contribution in [1.29, 1.82) is 0 Å². The number of phenols is 1. The molecule has 2 aromatic rings. The van der Waals surface area contributed by atoms with E-state index in [4.69, 9.17) is 0 Å². The molecule has 0 aromatic heterocycles. The van der Waals surface area contributed by atoms with Gasteiger partial charge in [-0.15, -0.1) is 0 Å². The first-order valence-corrected chi connectivity index (χ1v) is 5.22. The van der Waals surface area contributed by atoms with Crippen LogP contribution in [0.3, 0.4) is 0 Å². The van der Waals surface area contributed by atoms with E-state index in [-0.39, 0.29) is 11.5 Å². The molecule has 0 fully saturated rings. The first kappa shape index (κ1) is 9.16. The molecule has 0 spiro atoms. The quantitative estimate of drug-likeness (QED) is 0.725. The average molecular weight is 210 g/mol. The highest BCUT2D eigenvalue weighted by molar-refractivity contribution is 6.08. The van der Waals surface area contributed by atoms with Crippen LogP contribution < -0.4 is 0 Å². The van der Waals surface area contributed by atoms with E-state index in [1.807, 2.05) is 36.4 Å². The topological polar surface area (TPSA) is 37.3 Å². The number of benzene rings is 2. The Balaban J connectivity index is 2.46. The van der Waals surface area contributed by atoms with Crippen molar-refractivity contribution in [1.82, 2.24) is 0 Å². The second kappa shape index (κ2) is 3.20. The van der Waals surface area contributed by atoms with Crippen molar-refractivity contribution in [2.24, 2.45) is 0 Å². The first-order chi connectivity index (χ1) is 7.77. The summed E-state index contributed by atoms with van der Waals surface area (Å²) in [5.74, 6) is 0.274. The lowest BCUT2D eigenvalue weighted by molar-refractivity contribution is 0.0994. The van der Waals surface area contributed by atoms with Crippen LogP contribution in [-0.4, -0.2) is 10.9 Å². The third-order valence-electron chi connectivity index (χ3n) is 2.95. The predicted molar refractivity (Wildman–Crippen MR) is 63.6 cm³/mol. The van der Waals surface area contributed by atoms with Crippen molar-refractivity contribution >= 4 is 22.6 Å². The molecular weight excluding hydrogens is 200 g/mol. The molecule has 0 atom stereocenters. The van der Waals surface area contributed by atoms with Crippen LogP contribution in [0.4, 0.5) is 0 Å². The van der Waals surface area contributed by atoms with Gasteiger partial charge < -0.3 is 5.11 Å². The van der Waals surface area contributed by atoms with Gasteiger partial charge in [0.25, 0.3) is 0 Å². The number of aromatic hydroxyl groups is 1. The molecule has 1 aliphatic carbocycles. The molecule has 2 heteroatoms. The molecule has 0 heterocycles. The fraction of sp³-hybridized carbons (Fsp3) is 0.0714. The minimum absolute atomic E-state index is 0.0681. The number of ketones is 1. The maximum absolute atomic E-state index is 11.7. The SMILES string of the molecule is O=C1CC=Cc2c1cc1ccccc1c2O. The van der Waals surface area contributed by atoms with Gasteiger partial charge in [0.05, 0.1) is 0 Å². The number of Topliss-reactive ketones (excluding diaryl/α,β-unsaturated/α-hetero) is 1. The minimum atomic E-state index is 0.0681. The molecule has 16 heavy (non-hydrogen) atoms. The third-order valence-corrected chi connectivity index (χ3v) is 2.95.